The van der Waals surface area contributed by atoms with Crippen LogP contribution in [0.4, 0.5) is 0 Å². The van der Waals surface area contributed by atoms with E-state index in [9.17, 15) is 0 Å². The highest BCUT2D eigenvalue weighted by Crippen LogP contribution is 2.14. The van der Waals surface area contributed by atoms with E-state index in [0.29, 0.717) is 18.1 Å². The van der Waals surface area contributed by atoms with Gasteiger partial charge in [-0.05, 0) is 65.3 Å². The topological polar surface area (TPSA) is 28.4 Å². The summed E-state index contributed by atoms with van der Waals surface area (Å²) >= 11 is 0. The van der Waals surface area contributed by atoms with Gasteiger partial charge in [0.25, 0.3) is 0 Å². The Hall–Kier alpha value is -0.800. The summed E-state index contributed by atoms with van der Waals surface area (Å²) in [4.78, 5) is 2.60. The third kappa shape index (κ3) is 4.66. The molecule has 0 spiro atoms. The van der Waals surface area contributed by atoms with Crippen molar-refractivity contribution >= 4 is 0 Å². The minimum absolute atomic E-state index is 0.488. The maximum Gasteiger partial charge on any atom is 0.105 e. The first-order chi connectivity index (χ1) is 9.15. The number of nitrogens with one attached hydrogen (secondary N) is 1. The van der Waals surface area contributed by atoms with Crippen LogP contribution in [0, 0.1) is 0 Å². The molecule has 0 radical (unpaired) electrons. The van der Waals surface area contributed by atoms with Crippen LogP contribution in [0.2, 0.25) is 0 Å². The van der Waals surface area contributed by atoms with Crippen molar-refractivity contribution in [2.24, 2.45) is 0 Å². The molecular formula is C16H28N2O. The van der Waals surface area contributed by atoms with E-state index in [1.165, 1.54) is 32.4 Å². The lowest BCUT2D eigenvalue weighted by molar-refractivity contribution is 0.228. The lowest BCUT2D eigenvalue weighted by Gasteiger charge is -2.25. The Bertz CT molecular complexity index is 348. The fourth-order valence-corrected chi connectivity index (χ4v) is 2.99. The molecule has 0 saturated carbocycles. The molecule has 0 aromatic carbocycles. The van der Waals surface area contributed by atoms with Crippen molar-refractivity contribution in [2.75, 3.05) is 13.1 Å². The van der Waals surface area contributed by atoms with Gasteiger partial charge in [0.15, 0.2) is 0 Å². The Labute approximate surface area is 117 Å². The molecule has 108 valence electrons. The number of rotatable bonds is 5. The molecule has 1 aromatic rings. The van der Waals surface area contributed by atoms with E-state index in [-0.39, 0.29) is 0 Å². The van der Waals surface area contributed by atoms with Gasteiger partial charge in [0.05, 0.1) is 6.26 Å². The molecule has 1 aromatic heterocycles. The average Bonchev–Trinajstić information content (AvgIpc) is 2.73. The molecule has 0 aliphatic carbocycles. The van der Waals surface area contributed by atoms with Crippen molar-refractivity contribution in [1.82, 2.24) is 10.2 Å². The number of hydrogen-bond acceptors (Lipinski definition) is 3. The van der Waals surface area contributed by atoms with Gasteiger partial charge in [-0.1, -0.05) is 0 Å². The van der Waals surface area contributed by atoms with Gasteiger partial charge in [-0.3, -0.25) is 0 Å². The van der Waals surface area contributed by atoms with Crippen LogP contribution in [0.15, 0.2) is 22.8 Å². The van der Waals surface area contributed by atoms with Crippen LogP contribution in [0.25, 0.3) is 0 Å². The SMILES string of the molecule is CC(Cc1ccco1)NC1CCCN(C(C)C)CC1. The second kappa shape index (κ2) is 7.11. The van der Waals surface area contributed by atoms with Gasteiger partial charge in [0.2, 0.25) is 0 Å². The molecule has 1 aliphatic heterocycles. The molecule has 0 amide bonds. The van der Waals surface area contributed by atoms with Crippen molar-refractivity contribution < 1.29 is 4.42 Å². The average molecular weight is 264 g/mol. The maximum atomic E-state index is 5.42. The van der Waals surface area contributed by atoms with Crippen LogP contribution in [0.1, 0.15) is 45.8 Å². The summed E-state index contributed by atoms with van der Waals surface area (Å²) in [6.45, 7) is 9.33. The standard InChI is InChI=1S/C16H28N2O/c1-13(2)18-9-4-6-15(8-10-18)17-14(3)12-16-7-5-11-19-16/h5,7,11,13-15,17H,4,6,8-10,12H2,1-3H3. The van der Waals surface area contributed by atoms with Crippen LogP contribution >= 0.6 is 0 Å². The minimum atomic E-state index is 0.488. The molecule has 1 N–H and O–H groups in total. The highest BCUT2D eigenvalue weighted by molar-refractivity contribution is 5.00. The van der Waals surface area contributed by atoms with Gasteiger partial charge >= 0.3 is 0 Å². The summed E-state index contributed by atoms with van der Waals surface area (Å²) in [5, 5.41) is 3.77. The Balaban J connectivity index is 1.76. The second-order valence-electron chi connectivity index (χ2n) is 6.11. The van der Waals surface area contributed by atoms with Crippen LogP contribution in [-0.4, -0.2) is 36.1 Å². The van der Waals surface area contributed by atoms with E-state index in [2.05, 4.69) is 37.1 Å². The Morgan fingerprint density at radius 1 is 1.32 bits per heavy atom. The van der Waals surface area contributed by atoms with E-state index < -0.39 is 0 Å². The summed E-state index contributed by atoms with van der Waals surface area (Å²) in [7, 11) is 0. The second-order valence-corrected chi connectivity index (χ2v) is 6.11. The van der Waals surface area contributed by atoms with Crippen LogP contribution in [-0.2, 0) is 6.42 Å². The fourth-order valence-electron chi connectivity index (χ4n) is 2.99. The van der Waals surface area contributed by atoms with E-state index in [0.717, 1.165) is 12.2 Å². The van der Waals surface area contributed by atoms with E-state index in [1.54, 1.807) is 6.26 Å². The number of hydrogen-bond donors (Lipinski definition) is 1. The maximum absolute atomic E-state index is 5.42. The van der Waals surface area contributed by atoms with Gasteiger partial charge < -0.3 is 14.6 Å². The van der Waals surface area contributed by atoms with Gasteiger partial charge in [-0.15, -0.1) is 0 Å². The number of nitrogens with zero attached hydrogens (tertiary/aromatic N) is 1. The number of furan rings is 1. The molecular weight excluding hydrogens is 236 g/mol. The Kier molecular flexibility index (Phi) is 5.46. The van der Waals surface area contributed by atoms with Crippen LogP contribution in [0.3, 0.4) is 0 Å². The predicted octanol–water partition coefficient (Wildman–Crippen LogP) is 3.06. The van der Waals surface area contributed by atoms with Gasteiger partial charge in [-0.2, -0.15) is 0 Å². The van der Waals surface area contributed by atoms with Gasteiger partial charge in [-0.25, -0.2) is 0 Å². The molecule has 1 fully saturated rings. The third-order valence-electron chi connectivity index (χ3n) is 4.10. The molecule has 2 atom stereocenters. The molecule has 2 rings (SSSR count). The first-order valence-corrected chi connectivity index (χ1v) is 7.67. The third-order valence-corrected chi connectivity index (χ3v) is 4.10. The van der Waals surface area contributed by atoms with E-state index in [4.69, 9.17) is 4.42 Å². The normalized spacial score (nSPS) is 23.5. The molecule has 3 heteroatoms. The van der Waals surface area contributed by atoms with Gasteiger partial charge in [0, 0.05) is 24.5 Å². The van der Waals surface area contributed by atoms with Crippen molar-refractivity contribution in [3.63, 3.8) is 0 Å². The molecule has 2 unspecified atom stereocenters. The zero-order chi connectivity index (χ0) is 13.7. The summed E-state index contributed by atoms with van der Waals surface area (Å²) in [6, 6.07) is 5.86. The number of likely N-dealkylation sites (tertiary alicyclic amines) is 1. The molecule has 1 aliphatic rings. The fraction of sp³-hybridized carbons (Fsp3) is 0.750. The van der Waals surface area contributed by atoms with Crippen LogP contribution in [0.5, 0.6) is 0 Å². The first-order valence-electron chi connectivity index (χ1n) is 7.67. The Morgan fingerprint density at radius 2 is 2.16 bits per heavy atom. The molecule has 3 nitrogen and oxygen atoms in total. The monoisotopic (exact) mass is 264 g/mol. The van der Waals surface area contributed by atoms with E-state index in [1.807, 2.05) is 6.07 Å². The predicted molar refractivity (Wildman–Crippen MR) is 79.4 cm³/mol. The largest absolute Gasteiger partial charge is 0.469 e. The zero-order valence-corrected chi connectivity index (χ0v) is 12.6. The van der Waals surface area contributed by atoms with Crippen molar-refractivity contribution in [3.8, 4) is 0 Å². The Morgan fingerprint density at radius 3 is 2.84 bits per heavy atom. The quantitative estimate of drug-likeness (QED) is 0.886. The lowest BCUT2D eigenvalue weighted by Crippen LogP contribution is -2.39. The highest BCUT2D eigenvalue weighted by Gasteiger charge is 2.19. The summed E-state index contributed by atoms with van der Waals surface area (Å²) in [6.07, 6.45) is 6.61. The van der Waals surface area contributed by atoms with Gasteiger partial charge in [0.1, 0.15) is 5.76 Å². The smallest absolute Gasteiger partial charge is 0.105 e. The lowest BCUT2D eigenvalue weighted by atomic mass is 10.1. The summed E-state index contributed by atoms with van der Waals surface area (Å²) in [5.41, 5.74) is 0. The zero-order valence-electron chi connectivity index (χ0n) is 12.6. The molecule has 2 heterocycles. The van der Waals surface area contributed by atoms with Crippen molar-refractivity contribution in [1.29, 1.82) is 0 Å². The highest BCUT2D eigenvalue weighted by atomic mass is 16.3. The first kappa shape index (κ1) is 14.6. The van der Waals surface area contributed by atoms with Crippen molar-refractivity contribution in [3.05, 3.63) is 24.2 Å². The van der Waals surface area contributed by atoms with E-state index >= 15 is 0 Å². The van der Waals surface area contributed by atoms with Crippen molar-refractivity contribution in [2.45, 2.75) is 64.6 Å². The molecule has 1 saturated heterocycles. The molecule has 0 bridgehead atoms. The van der Waals surface area contributed by atoms with Crippen LogP contribution < -0.4 is 5.32 Å². The minimum Gasteiger partial charge on any atom is -0.469 e. The summed E-state index contributed by atoms with van der Waals surface area (Å²) in [5.74, 6) is 1.08. The summed E-state index contributed by atoms with van der Waals surface area (Å²) < 4.78 is 5.42. The molecule has 19 heavy (non-hydrogen) atoms.